The molecule has 0 saturated carbocycles. The van der Waals surface area contributed by atoms with E-state index < -0.39 is 0 Å². The Kier molecular flexibility index (Phi) is 3.54. The highest BCUT2D eigenvalue weighted by atomic mass is 79.9. The minimum atomic E-state index is -0.0990. The minimum absolute atomic E-state index is 0.0990. The van der Waals surface area contributed by atoms with Crippen LogP contribution in [0.4, 0.5) is 0 Å². The third-order valence-electron chi connectivity index (χ3n) is 2.90. The van der Waals surface area contributed by atoms with Gasteiger partial charge in [0.15, 0.2) is 0 Å². The number of halogens is 2. The molecule has 2 aromatic heterocycles. The fourth-order valence-corrected chi connectivity index (χ4v) is 2.50. The van der Waals surface area contributed by atoms with Crippen molar-refractivity contribution in [1.82, 2.24) is 14.5 Å². The molecule has 6 heteroatoms. The highest BCUT2D eigenvalue weighted by molar-refractivity contribution is 9.10. The van der Waals surface area contributed by atoms with E-state index >= 15 is 0 Å². The summed E-state index contributed by atoms with van der Waals surface area (Å²) in [5.74, 6) is 0. The predicted octanol–water partition coefficient (Wildman–Crippen LogP) is 3.26. The van der Waals surface area contributed by atoms with E-state index in [1.165, 1.54) is 10.9 Å². The molecule has 20 heavy (non-hydrogen) atoms. The third kappa shape index (κ3) is 2.59. The van der Waals surface area contributed by atoms with Gasteiger partial charge in [0.1, 0.15) is 0 Å². The van der Waals surface area contributed by atoms with Gasteiger partial charge in [-0.1, -0.05) is 27.5 Å². The minimum Gasteiger partial charge on any atom is -0.293 e. The van der Waals surface area contributed by atoms with Crippen LogP contribution in [0.2, 0.25) is 5.02 Å². The zero-order chi connectivity index (χ0) is 14.1. The summed E-state index contributed by atoms with van der Waals surface area (Å²) in [6.45, 7) is 0.342. The van der Waals surface area contributed by atoms with Gasteiger partial charge in [0.25, 0.3) is 5.56 Å². The van der Waals surface area contributed by atoms with E-state index in [9.17, 15) is 4.79 Å². The Labute approximate surface area is 128 Å². The van der Waals surface area contributed by atoms with Gasteiger partial charge in [0.05, 0.1) is 29.5 Å². The summed E-state index contributed by atoms with van der Waals surface area (Å²) in [6.07, 6.45) is 3.15. The summed E-state index contributed by atoms with van der Waals surface area (Å²) in [5.41, 5.74) is 1.29. The second-order valence-electron chi connectivity index (χ2n) is 4.30. The van der Waals surface area contributed by atoms with Crippen LogP contribution < -0.4 is 5.56 Å². The van der Waals surface area contributed by atoms with Crippen LogP contribution in [-0.4, -0.2) is 14.5 Å². The van der Waals surface area contributed by atoms with Crippen LogP contribution in [-0.2, 0) is 6.54 Å². The van der Waals surface area contributed by atoms with E-state index in [-0.39, 0.29) is 5.56 Å². The Morgan fingerprint density at radius 1 is 1.20 bits per heavy atom. The van der Waals surface area contributed by atoms with E-state index in [0.29, 0.717) is 22.5 Å². The van der Waals surface area contributed by atoms with Gasteiger partial charge < -0.3 is 0 Å². The molecule has 0 N–H and O–H groups in total. The Hall–Kier alpha value is -1.72. The molecular weight excluding hydrogens is 342 g/mol. The molecule has 0 aliphatic rings. The van der Waals surface area contributed by atoms with Gasteiger partial charge in [-0.25, -0.2) is 4.98 Å². The fourth-order valence-electron chi connectivity index (χ4n) is 1.95. The molecule has 0 aliphatic carbocycles. The first-order valence-corrected chi connectivity index (χ1v) is 7.06. The molecule has 0 atom stereocenters. The molecule has 1 aromatic carbocycles. The van der Waals surface area contributed by atoms with Crippen LogP contribution in [0.5, 0.6) is 0 Å². The average molecular weight is 351 g/mol. The van der Waals surface area contributed by atoms with Crippen molar-refractivity contribution in [1.29, 1.82) is 0 Å². The van der Waals surface area contributed by atoms with E-state index in [0.717, 1.165) is 10.2 Å². The average Bonchev–Trinajstić information content (AvgIpc) is 2.43. The monoisotopic (exact) mass is 349 g/mol. The number of aromatic nitrogens is 3. The molecular formula is C14H9BrClN3O. The largest absolute Gasteiger partial charge is 0.293 e. The smallest absolute Gasteiger partial charge is 0.261 e. The predicted molar refractivity (Wildman–Crippen MR) is 82.1 cm³/mol. The number of hydrogen-bond acceptors (Lipinski definition) is 3. The molecule has 0 aliphatic heterocycles. The molecule has 0 fully saturated rings. The van der Waals surface area contributed by atoms with Gasteiger partial charge in [-0.2, -0.15) is 0 Å². The Morgan fingerprint density at radius 3 is 2.85 bits per heavy atom. The van der Waals surface area contributed by atoms with Gasteiger partial charge in [0, 0.05) is 15.7 Å². The summed E-state index contributed by atoms with van der Waals surface area (Å²) in [6, 6.07) is 8.87. The number of hydrogen-bond donors (Lipinski definition) is 0. The molecule has 100 valence electrons. The summed E-state index contributed by atoms with van der Waals surface area (Å²) in [5, 5.41) is 1.17. The second kappa shape index (κ2) is 5.34. The molecule has 0 spiro atoms. The zero-order valence-electron chi connectivity index (χ0n) is 10.3. The van der Waals surface area contributed by atoms with Crippen LogP contribution in [0, 0.1) is 0 Å². The maximum Gasteiger partial charge on any atom is 0.261 e. The van der Waals surface area contributed by atoms with Gasteiger partial charge in [-0.15, -0.1) is 0 Å². The highest BCUT2D eigenvalue weighted by Gasteiger charge is 2.06. The topological polar surface area (TPSA) is 47.8 Å². The number of pyridine rings is 1. The molecule has 0 unspecified atom stereocenters. The first-order valence-electron chi connectivity index (χ1n) is 5.88. The van der Waals surface area contributed by atoms with Crippen molar-refractivity contribution < 1.29 is 0 Å². The van der Waals surface area contributed by atoms with Gasteiger partial charge in [-0.3, -0.25) is 14.3 Å². The van der Waals surface area contributed by atoms with Crippen molar-refractivity contribution in [2.75, 3.05) is 0 Å². The highest BCUT2D eigenvalue weighted by Crippen LogP contribution is 2.15. The molecule has 0 amide bonds. The first-order chi connectivity index (χ1) is 9.63. The molecule has 4 nitrogen and oxygen atoms in total. The lowest BCUT2D eigenvalue weighted by atomic mass is 10.2. The van der Waals surface area contributed by atoms with Crippen molar-refractivity contribution in [2.45, 2.75) is 6.54 Å². The van der Waals surface area contributed by atoms with Crippen LogP contribution in [0.15, 0.2) is 52.1 Å². The SMILES string of the molecule is O=c1c2cc(Br)ccc2ncn1Cc1cc(Cl)ccn1. The number of fused-ring (bicyclic) bond motifs is 1. The summed E-state index contributed by atoms with van der Waals surface area (Å²) in [7, 11) is 0. The van der Waals surface area contributed by atoms with Crippen LogP contribution in [0.3, 0.4) is 0 Å². The van der Waals surface area contributed by atoms with Gasteiger partial charge in [0.2, 0.25) is 0 Å². The standard InChI is InChI=1S/C14H9BrClN3O/c15-9-1-2-13-12(5-9)14(20)19(8-18-13)7-11-6-10(16)3-4-17-11/h1-6,8H,7H2. The number of benzene rings is 1. The molecule has 3 rings (SSSR count). The molecule has 0 radical (unpaired) electrons. The Bertz CT molecular complexity index is 847. The van der Waals surface area contributed by atoms with Crippen molar-refractivity contribution in [2.24, 2.45) is 0 Å². The van der Waals surface area contributed by atoms with E-state index in [1.807, 2.05) is 12.1 Å². The molecule has 0 saturated heterocycles. The quantitative estimate of drug-likeness (QED) is 0.713. The lowest BCUT2D eigenvalue weighted by molar-refractivity contribution is 0.730. The van der Waals surface area contributed by atoms with Gasteiger partial charge >= 0.3 is 0 Å². The van der Waals surface area contributed by atoms with Crippen LogP contribution in [0.25, 0.3) is 10.9 Å². The Balaban J connectivity index is 2.08. The van der Waals surface area contributed by atoms with E-state index in [2.05, 4.69) is 25.9 Å². The fraction of sp³-hybridized carbons (Fsp3) is 0.0714. The third-order valence-corrected chi connectivity index (χ3v) is 3.63. The van der Waals surface area contributed by atoms with Gasteiger partial charge in [-0.05, 0) is 30.3 Å². The van der Waals surface area contributed by atoms with Crippen LogP contribution >= 0.6 is 27.5 Å². The van der Waals surface area contributed by atoms with Crippen molar-refractivity contribution in [3.8, 4) is 0 Å². The van der Waals surface area contributed by atoms with Crippen molar-refractivity contribution in [3.05, 3.63) is 68.4 Å². The molecule has 3 aromatic rings. The second-order valence-corrected chi connectivity index (χ2v) is 5.66. The maximum absolute atomic E-state index is 12.4. The van der Waals surface area contributed by atoms with Crippen molar-refractivity contribution in [3.63, 3.8) is 0 Å². The first kappa shape index (κ1) is 13.3. The maximum atomic E-state index is 12.4. The summed E-state index contributed by atoms with van der Waals surface area (Å²) in [4.78, 5) is 20.9. The summed E-state index contributed by atoms with van der Waals surface area (Å²) >= 11 is 9.28. The normalized spacial score (nSPS) is 10.9. The Morgan fingerprint density at radius 2 is 2.05 bits per heavy atom. The lowest BCUT2D eigenvalue weighted by Gasteiger charge is -2.06. The zero-order valence-corrected chi connectivity index (χ0v) is 12.6. The number of rotatable bonds is 2. The number of nitrogens with zero attached hydrogens (tertiary/aromatic N) is 3. The molecule has 2 heterocycles. The van der Waals surface area contributed by atoms with Crippen molar-refractivity contribution >= 4 is 38.4 Å². The van der Waals surface area contributed by atoms with Crippen LogP contribution in [0.1, 0.15) is 5.69 Å². The molecule has 0 bridgehead atoms. The summed E-state index contributed by atoms with van der Waals surface area (Å²) < 4.78 is 2.37. The lowest BCUT2D eigenvalue weighted by Crippen LogP contribution is -2.21. The van der Waals surface area contributed by atoms with E-state index in [4.69, 9.17) is 11.6 Å². The van der Waals surface area contributed by atoms with E-state index in [1.54, 1.807) is 24.4 Å².